The van der Waals surface area contributed by atoms with Gasteiger partial charge in [-0.1, -0.05) is 6.07 Å². The minimum Gasteiger partial charge on any atom is -0.475 e. The molecule has 0 aromatic carbocycles. The maximum Gasteiger partial charge on any atom is 0.490 e. The van der Waals surface area contributed by atoms with Gasteiger partial charge >= 0.3 is 24.3 Å². The number of aromatic nitrogens is 2. The Morgan fingerprint density at radius 3 is 2.15 bits per heavy atom. The fourth-order valence-electron chi connectivity index (χ4n) is 3.33. The number of carboxylic acid groups (broad SMARTS) is 2. The molecule has 2 N–H and O–H groups in total. The molecular weight excluding hydrogens is 540 g/mol. The Kier molecular flexibility index (Phi) is 11.1. The summed E-state index contributed by atoms with van der Waals surface area (Å²) in [5.41, 5.74) is 2.28. The van der Waals surface area contributed by atoms with Crippen LogP contribution in [0.4, 0.5) is 26.3 Å². The average molecular weight is 565 g/mol. The van der Waals surface area contributed by atoms with Gasteiger partial charge in [0.1, 0.15) is 11.5 Å². The molecule has 3 aromatic heterocycles. The summed E-state index contributed by atoms with van der Waals surface area (Å²) in [6.45, 7) is 5.95. The van der Waals surface area contributed by atoms with Gasteiger partial charge in [0, 0.05) is 37.7 Å². The Hall–Kier alpha value is -3.85. The SMILES string of the molecule is Cc1ccc(CN2Cc3cccn3CC(OCc3ccccn3)C2)o1.O=C(O)C(F)(F)F.O=C(O)C(F)(F)F. The highest BCUT2D eigenvalue weighted by Crippen LogP contribution is 2.19. The Labute approximate surface area is 218 Å². The van der Waals surface area contributed by atoms with E-state index in [4.69, 9.17) is 29.0 Å². The highest BCUT2D eigenvalue weighted by Gasteiger charge is 2.38. The van der Waals surface area contributed by atoms with Crippen LogP contribution in [0.2, 0.25) is 0 Å². The monoisotopic (exact) mass is 565 g/mol. The third kappa shape index (κ3) is 11.2. The van der Waals surface area contributed by atoms with Crippen LogP contribution < -0.4 is 0 Å². The van der Waals surface area contributed by atoms with E-state index < -0.39 is 24.3 Å². The molecule has 0 amide bonds. The molecule has 0 aliphatic carbocycles. The first-order valence-corrected chi connectivity index (χ1v) is 11.2. The van der Waals surface area contributed by atoms with Crippen LogP contribution >= 0.6 is 0 Å². The lowest BCUT2D eigenvalue weighted by atomic mass is 10.3. The Bertz CT molecular complexity index is 1170. The van der Waals surface area contributed by atoms with Crippen LogP contribution in [-0.4, -0.2) is 61.6 Å². The number of rotatable bonds is 5. The summed E-state index contributed by atoms with van der Waals surface area (Å²) in [5.74, 6) is -3.56. The van der Waals surface area contributed by atoms with E-state index >= 15 is 0 Å². The van der Waals surface area contributed by atoms with Gasteiger partial charge in [-0.2, -0.15) is 26.3 Å². The maximum atomic E-state index is 10.6. The number of carbonyl (C=O) groups is 2. The van der Waals surface area contributed by atoms with Crippen LogP contribution in [-0.2, 0) is 40.6 Å². The molecule has 0 saturated heterocycles. The third-order valence-corrected chi connectivity index (χ3v) is 5.02. The zero-order chi connectivity index (χ0) is 29.2. The van der Waals surface area contributed by atoms with Gasteiger partial charge in [-0.05, 0) is 43.3 Å². The van der Waals surface area contributed by atoms with Crippen molar-refractivity contribution in [1.29, 1.82) is 0 Å². The summed E-state index contributed by atoms with van der Waals surface area (Å²) in [6.07, 6.45) is -6.11. The molecule has 3 aromatic rings. The molecule has 1 unspecified atom stereocenters. The second-order valence-electron chi connectivity index (χ2n) is 8.19. The largest absolute Gasteiger partial charge is 0.490 e. The van der Waals surface area contributed by atoms with Crippen molar-refractivity contribution in [2.75, 3.05) is 6.54 Å². The molecule has 0 saturated carbocycles. The van der Waals surface area contributed by atoms with Crippen LogP contribution in [0, 0.1) is 6.92 Å². The van der Waals surface area contributed by atoms with Crippen molar-refractivity contribution in [2.45, 2.75) is 51.6 Å². The average Bonchev–Trinajstić information content (AvgIpc) is 3.41. The number of nitrogens with zero attached hydrogens (tertiary/aromatic N) is 3. The zero-order valence-electron chi connectivity index (χ0n) is 20.4. The first-order chi connectivity index (χ1) is 18.1. The van der Waals surface area contributed by atoms with E-state index in [0.29, 0.717) is 6.61 Å². The molecule has 4 heterocycles. The number of ether oxygens (including phenoxy) is 1. The summed E-state index contributed by atoms with van der Waals surface area (Å²) in [6, 6.07) is 14.3. The highest BCUT2D eigenvalue weighted by molar-refractivity contribution is 5.73. The Morgan fingerprint density at radius 1 is 1.00 bits per heavy atom. The molecule has 1 aliphatic heterocycles. The number of halogens is 6. The van der Waals surface area contributed by atoms with E-state index in [1.54, 1.807) is 6.20 Å². The Balaban J connectivity index is 0.000000317. The lowest BCUT2D eigenvalue weighted by Gasteiger charge is -2.23. The van der Waals surface area contributed by atoms with Gasteiger partial charge < -0.3 is 23.9 Å². The number of furan rings is 1. The molecule has 0 spiro atoms. The van der Waals surface area contributed by atoms with E-state index in [1.807, 2.05) is 31.2 Å². The topological polar surface area (TPSA) is 118 Å². The number of fused-ring (bicyclic) bond motifs is 1. The third-order valence-electron chi connectivity index (χ3n) is 5.02. The number of alkyl halides is 6. The van der Waals surface area contributed by atoms with Crippen LogP contribution in [0.25, 0.3) is 0 Å². The fraction of sp³-hybridized carbons (Fsp3) is 0.375. The van der Waals surface area contributed by atoms with Gasteiger partial charge in [0.05, 0.1) is 24.9 Å². The minimum atomic E-state index is -5.08. The number of pyridine rings is 1. The molecule has 214 valence electrons. The smallest absolute Gasteiger partial charge is 0.475 e. The molecule has 15 heteroatoms. The second kappa shape index (κ2) is 13.8. The van der Waals surface area contributed by atoms with Crippen molar-refractivity contribution >= 4 is 11.9 Å². The molecule has 0 bridgehead atoms. The number of carboxylic acids is 2. The summed E-state index contributed by atoms with van der Waals surface area (Å²) < 4.78 is 77.7. The first kappa shape index (κ1) is 31.4. The van der Waals surface area contributed by atoms with Gasteiger partial charge in [0.2, 0.25) is 0 Å². The molecule has 0 radical (unpaired) electrons. The van der Waals surface area contributed by atoms with Crippen molar-refractivity contribution in [1.82, 2.24) is 14.5 Å². The zero-order valence-corrected chi connectivity index (χ0v) is 20.4. The predicted molar refractivity (Wildman–Crippen MR) is 122 cm³/mol. The predicted octanol–water partition coefficient (Wildman–Crippen LogP) is 4.65. The van der Waals surface area contributed by atoms with Crippen molar-refractivity contribution in [3.05, 3.63) is 77.8 Å². The molecular formula is C24H25F6N3O6. The van der Waals surface area contributed by atoms with Gasteiger partial charge in [0.25, 0.3) is 0 Å². The van der Waals surface area contributed by atoms with Crippen molar-refractivity contribution < 1.29 is 55.3 Å². The van der Waals surface area contributed by atoms with Gasteiger partial charge in [-0.3, -0.25) is 9.88 Å². The van der Waals surface area contributed by atoms with E-state index in [2.05, 4.69) is 38.8 Å². The summed E-state index contributed by atoms with van der Waals surface area (Å²) in [5, 5.41) is 14.2. The van der Waals surface area contributed by atoms with Gasteiger partial charge in [0.15, 0.2) is 0 Å². The number of hydrogen-bond donors (Lipinski definition) is 2. The molecule has 1 atom stereocenters. The normalized spacial score (nSPS) is 15.6. The van der Waals surface area contributed by atoms with E-state index in [0.717, 1.165) is 43.4 Å². The quantitative estimate of drug-likeness (QED) is 0.430. The fourth-order valence-corrected chi connectivity index (χ4v) is 3.33. The Morgan fingerprint density at radius 2 is 1.64 bits per heavy atom. The minimum absolute atomic E-state index is 0.117. The van der Waals surface area contributed by atoms with E-state index in [1.165, 1.54) is 5.69 Å². The lowest BCUT2D eigenvalue weighted by molar-refractivity contribution is -0.193. The number of hydrogen-bond acceptors (Lipinski definition) is 6. The highest BCUT2D eigenvalue weighted by atomic mass is 19.4. The molecule has 39 heavy (non-hydrogen) atoms. The van der Waals surface area contributed by atoms with Crippen molar-refractivity contribution in [2.24, 2.45) is 0 Å². The summed E-state index contributed by atoms with van der Waals surface area (Å²) >= 11 is 0. The van der Waals surface area contributed by atoms with E-state index in [-0.39, 0.29) is 6.10 Å². The molecule has 4 rings (SSSR count). The molecule has 0 fully saturated rings. The van der Waals surface area contributed by atoms with Crippen molar-refractivity contribution in [3.63, 3.8) is 0 Å². The number of aliphatic carboxylic acids is 2. The first-order valence-electron chi connectivity index (χ1n) is 11.2. The van der Waals surface area contributed by atoms with Gasteiger partial charge in [-0.15, -0.1) is 0 Å². The molecule has 9 nitrogen and oxygen atoms in total. The van der Waals surface area contributed by atoms with Crippen molar-refractivity contribution in [3.8, 4) is 0 Å². The number of aryl methyl sites for hydroxylation is 1. The second-order valence-corrected chi connectivity index (χ2v) is 8.19. The molecule has 1 aliphatic rings. The lowest BCUT2D eigenvalue weighted by Crippen LogP contribution is -2.32. The van der Waals surface area contributed by atoms with Crippen LogP contribution in [0.15, 0.2) is 59.3 Å². The maximum absolute atomic E-state index is 10.6. The van der Waals surface area contributed by atoms with Crippen LogP contribution in [0.5, 0.6) is 0 Å². The standard InChI is InChI=1S/C20H23N3O2.2C2HF3O2/c1-16-7-8-19(25-16)12-22-11-18-6-4-10-23(18)14-20(13-22)24-15-17-5-2-3-9-21-17;2*3-2(4,5)1(6)7/h2-10,20H,11-15H2,1H3;2*(H,6,7). The van der Waals surface area contributed by atoms with Crippen LogP contribution in [0.3, 0.4) is 0 Å². The summed E-state index contributed by atoms with van der Waals surface area (Å²) in [4.78, 5) is 24.5. The van der Waals surface area contributed by atoms with E-state index in [9.17, 15) is 26.3 Å². The summed E-state index contributed by atoms with van der Waals surface area (Å²) in [7, 11) is 0. The van der Waals surface area contributed by atoms with Gasteiger partial charge in [-0.25, -0.2) is 9.59 Å². The van der Waals surface area contributed by atoms with Crippen LogP contribution in [0.1, 0.15) is 22.9 Å².